The van der Waals surface area contributed by atoms with Crippen LogP contribution in [0.3, 0.4) is 0 Å². The maximum Gasteiger partial charge on any atom is 0.0826 e. The van der Waals surface area contributed by atoms with Crippen LogP contribution < -0.4 is 0 Å². The molecule has 0 fully saturated rings. The summed E-state index contributed by atoms with van der Waals surface area (Å²) in [5.74, 6) is 1.10. The predicted octanol–water partition coefficient (Wildman–Crippen LogP) is 3.33. The third kappa shape index (κ3) is 1.81. The molecule has 2 atom stereocenters. The molecule has 2 rings (SSSR count). The first kappa shape index (κ1) is 10.7. The molecule has 0 amide bonds. The Morgan fingerprint density at radius 2 is 1.93 bits per heavy atom. The molecule has 0 heterocycles. The van der Waals surface area contributed by atoms with Gasteiger partial charge < -0.3 is 5.11 Å². The minimum Gasteiger partial charge on any atom is -0.388 e. The van der Waals surface area contributed by atoms with Crippen LogP contribution >= 0.6 is 0 Å². The maximum atomic E-state index is 10.3. The first-order valence-electron chi connectivity index (χ1n) is 6.03. The van der Waals surface area contributed by atoms with Gasteiger partial charge in [0.2, 0.25) is 0 Å². The lowest BCUT2D eigenvalue weighted by Gasteiger charge is -2.23. The van der Waals surface area contributed by atoms with Crippen molar-refractivity contribution < 1.29 is 5.11 Å². The third-order valence-corrected chi connectivity index (χ3v) is 3.89. The number of aliphatic hydroxyl groups excluding tert-OH is 1. The van der Waals surface area contributed by atoms with Crippen LogP contribution in [-0.4, -0.2) is 5.11 Å². The second-order valence-electron chi connectivity index (χ2n) is 4.59. The fourth-order valence-corrected chi connectivity index (χ4v) is 2.92. The lowest BCUT2D eigenvalue weighted by molar-refractivity contribution is 0.0833. The fraction of sp³-hybridized carbons (Fsp3) is 0.571. The molecule has 0 aromatic heterocycles. The molecule has 1 aromatic carbocycles. The summed E-state index contributed by atoms with van der Waals surface area (Å²) in [6.07, 6.45) is 3.17. The van der Waals surface area contributed by atoms with E-state index < -0.39 is 0 Å². The zero-order valence-electron chi connectivity index (χ0n) is 9.61. The molecule has 0 bridgehead atoms. The monoisotopic (exact) mass is 204 g/mol. The van der Waals surface area contributed by atoms with E-state index in [-0.39, 0.29) is 6.10 Å². The number of benzene rings is 1. The van der Waals surface area contributed by atoms with Gasteiger partial charge in [0.1, 0.15) is 0 Å². The predicted molar refractivity (Wildman–Crippen MR) is 62.7 cm³/mol. The molecular weight excluding hydrogens is 184 g/mol. The second-order valence-corrected chi connectivity index (χ2v) is 4.59. The van der Waals surface area contributed by atoms with Crippen LogP contribution in [0.2, 0.25) is 0 Å². The minimum atomic E-state index is -0.230. The number of hydrogen-bond donors (Lipinski definition) is 1. The van der Waals surface area contributed by atoms with E-state index in [4.69, 9.17) is 0 Å². The Morgan fingerprint density at radius 1 is 1.27 bits per heavy atom. The molecule has 1 aliphatic carbocycles. The molecule has 0 radical (unpaired) electrons. The van der Waals surface area contributed by atoms with Crippen molar-refractivity contribution in [3.8, 4) is 0 Å². The average Bonchev–Trinajstić information content (AvgIpc) is 2.60. The topological polar surface area (TPSA) is 20.2 Å². The van der Waals surface area contributed by atoms with Gasteiger partial charge in [-0.25, -0.2) is 0 Å². The number of fused-ring (bicyclic) bond motifs is 1. The fourth-order valence-electron chi connectivity index (χ4n) is 2.92. The van der Waals surface area contributed by atoms with Crippen LogP contribution in [0.5, 0.6) is 0 Å². The standard InChI is InChI=1S/C14H20O/c1-3-10(4-2)13-9-11-7-5-6-8-12(11)14(13)15/h5-8,10,13-15H,3-4,9H2,1-2H3. The molecule has 1 heteroatoms. The van der Waals surface area contributed by atoms with E-state index in [9.17, 15) is 5.11 Å². The molecule has 1 aromatic rings. The van der Waals surface area contributed by atoms with Gasteiger partial charge in [0, 0.05) is 0 Å². The Bertz CT molecular complexity index is 328. The van der Waals surface area contributed by atoms with Gasteiger partial charge >= 0.3 is 0 Å². The van der Waals surface area contributed by atoms with Crippen LogP contribution in [0.25, 0.3) is 0 Å². The SMILES string of the molecule is CCC(CC)C1Cc2ccccc2C1O. The van der Waals surface area contributed by atoms with E-state index in [0.29, 0.717) is 11.8 Å². The summed E-state index contributed by atoms with van der Waals surface area (Å²) in [7, 11) is 0. The third-order valence-electron chi connectivity index (χ3n) is 3.89. The van der Waals surface area contributed by atoms with Crippen molar-refractivity contribution in [2.75, 3.05) is 0 Å². The number of hydrogen-bond acceptors (Lipinski definition) is 1. The summed E-state index contributed by atoms with van der Waals surface area (Å²) in [4.78, 5) is 0. The summed E-state index contributed by atoms with van der Waals surface area (Å²) in [6.45, 7) is 4.45. The molecule has 1 aliphatic rings. The lowest BCUT2D eigenvalue weighted by atomic mass is 9.84. The van der Waals surface area contributed by atoms with Crippen LogP contribution in [0, 0.1) is 11.8 Å². The summed E-state index contributed by atoms with van der Waals surface area (Å²) < 4.78 is 0. The highest BCUT2D eigenvalue weighted by Gasteiger charge is 2.34. The highest BCUT2D eigenvalue weighted by molar-refractivity contribution is 5.34. The van der Waals surface area contributed by atoms with Gasteiger partial charge in [-0.3, -0.25) is 0 Å². The molecule has 0 saturated carbocycles. The van der Waals surface area contributed by atoms with Crippen LogP contribution in [-0.2, 0) is 6.42 Å². The van der Waals surface area contributed by atoms with Crippen LogP contribution in [0.1, 0.15) is 43.9 Å². The largest absolute Gasteiger partial charge is 0.388 e. The van der Waals surface area contributed by atoms with E-state index in [2.05, 4.69) is 32.0 Å². The van der Waals surface area contributed by atoms with Crippen molar-refractivity contribution in [2.45, 2.75) is 39.2 Å². The van der Waals surface area contributed by atoms with Crippen molar-refractivity contribution in [3.05, 3.63) is 35.4 Å². The molecule has 1 N–H and O–H groups in total. The van der Waals surface area contributed by atoms with E-state index in [0.717, 1.165) is 12.0 Å². The quantitative estimate of drug-likeness (QED) is 0.800. The Balaban J connectivity index is 2.22. The smallest absolute Gasteiger partial charge is 0.0826 e. The van der Waals surface area contributed by atoms with Gasteiger partial charge in [-0.2, -0.15) is 0 Å². The second kappa shape index (κ2) is 4.36. The van der Waals surface area contributed by atoms with Crippen molar-refractivity contribution in [1.29, 1.82) is 0 Å². The highest BCUT2D eigenvalue weighted by Crippen LogP contribution is 2.41. The van der Waals surface area contributed by atoms with Crippen molar-refractivity contribution in [2.24, 2.45) is 11.8 Å². The van der Waals surface area contributed by atoms with Crippen molar-refractivity contribution >= 4 is 0 Å². The van der Waals surface area contributed by atoms with Gasteiger partial charge in [0.05, 0.1) is 6.10 Å². The van der Waals surface area contributed by atoms with E-state index in [1.807, 2.05) is 6.07 Å². The van der Waals surface area contributed by atoms with Crippen molar-refractivity contribution in [3.63, 3.8) is 0 Å². The normalized spacial score (nSPS) is 24.5. The van der Waals surface area contributed by atoms with E-state index >= 15 is 0 Å². The van der Waals surface area contributed by atoms with Crippen molar-refractivity contribution in [1.82, 2.24) is 0 Å². The van der Waals surface area contributed by atoms with Gasteiger partial charge in [-0.05, 0) is 29.4 Å². The molecule has 82 valence electrons. The summed E-state index contributed by atoms with van der Waals surface area (Å²) >= 11 is 0. The molecule has 15 heavy (non-hydrogen) atoms. The molecule has 0 saturated heterocycles. The molecule has 0 spiro atoms. The Labute approximate surface area is 92.1 Å². The summed E-state index contributed by atoms with van der Waals surface area (Å²) in [6, 6.07) is 8.32. The summed E-state index contributed by atoms with van der Waals surface area (Å²) in [5, 5.41) is 10.3. The molecular formula is C14H20O. The summed E-state index contributed by atoms with van der Waals surface area (Å²) in [5.41, 5.74) is 2.51. The van der Waals surface area contributed by atoms with Gasteiger partial charge in [-0.15, -0.1) is 0 Å². The van der Waals surface area contributed by atoms with Gasteiger partial charge in [0.15, 0.2) is 0 Å². The zero-order valence-corrected chi connectivity index (χ0v) is 9.61. The minimum absolute atomic E-state index is 0.230. The molecule has 1 nitrogen and oxygen atoms in total. The van der Waals surface area contributed by atoms with Gasteiger partial charge in [0.25, 0.3) is 0 Å². The van der Waals surface area contributed by atoms with Crippen LogP contribution in [0.4, 0.5) is 0 Å². The van der Waals surface area contributed by atoms with E-state index in [1.165, 1.54) is 18.4 Å². The zero-order chi connectivity index (χ0) is 10.8. The Hall–Kier alpha value is -0.820. The Morgan fingerprint density at radius 3 is 2.53 bits per heavy atom. The highest BCUT2D eigenvalue weighted by atomic mass is 16.3. The molecule has 2 unspecified atom stereocenters. The van der Waals surface area contributed by atoms with Gasteiger partial charge in [-0.1, -0.05) is 51.0 Å². The van der Waals surface area contributed by atoms with E-state index in [1.54, 1.807) is 0 Å². The number of aliphatic hydroxyl groups is 1. The lowest BCUT2D eigenvalue weighted by Crippen LogP contribution is -2.18. The maximum absolute atomic E-state index is 10.3. The average molecular weight is 204 g/mol. The number of rotatable bonds is 3. The van der Waals surface area contributed by atoms with Crippen LogP contribution in [0.15, 0.2) is 24.3 Å². The Kier molecular flexibility index (Phi) is 3.11. The first-order valence-corrected chi connectivity index (χ1v) is 6.03. The molecule has 0 aliphatic heterocycles. The first-order chi connectivity index (χ1) is 7.27.